The fraction of sp³-hybridized carbons (Fsp3) is 0.447. The number of nitrogens with zero attached hydrogens (tertiary/aromatic N) is 5. The van der Waals surface area contributed by atoms with E-state index >= 15 is 0 Å². The fourth-order valence-electron chi connectivity index (χ4n) is 7.09. The monoisotopic (exact) mass is 656 g/mol. The zero-order valence-corrected chi connectivity index (χ0v) is 28.2. The number of hydrogen-bond acceptors (Lipinski definition) is 8. The number of rotatable bonds is 10. The van der Waals surface area contributed by atoms with Gasteiger partial charge in [-0.15, -0.1) is 6.42 Å². The summed E-state index contributed by atoms with van der Waals surface area (Å²) in [5.74, 6) is 2.55. The van der Waals surface area contributed by atoms with Gasteiger partial charge in [-0.1, -0.05) is 48.8 Å². The highest BCUT2D eigenvalue weighted by Gasteiger charge is 2.51. The molecule has 0 spiro atoms. The third-order valence-electron chi connectivity index (χ3n) is 9.56. The molecule has 0 amide bonds. The van der Waals surface area contributed by atoms with Gasteiger partial charge < -0.3 is 20.1 Å². The minimum absolute atomic E-state index is 0.0351. The average Bonchev–Trinajstić information content (AvgIpc) is 3.47. The van der Waals surface area contributed by atoms with Gasteiger partial charge in [0.15, 0.2) is 0 Å². The molecule has 0 saturated carbocycles. The van der Waals surface area contributed by atoms with Gasteiger partial charge in [0.2, 0.25) is 0 Å². The normalized spacial score (nSPS) is 24.6. The van der Waals surface area contributed by atoms with Crippen molar-refractivity contribution >= 4 is 30.1 Å². The molecule has 3 saturated heterocycles. The lowest BCUT2D eigenvalue weighted by molar-refractivity contribution is 0.0521. The molecule has 8 nitrogen and oxygen atoms in total. The molecule has 3 atom stereocenters. The molecule has 1 aromatic heterocycles. The minimum Gasteiger partial charge on any atom is -0.461 e. The van der Waals surface area contributed by atoms with Gasteiger partial charge in [-0.05, 0) is 69.2 Å². The van der Waals surface area contributed by atoms with E-state index in [1.807, 2.05) is 31.2 Å². The number of methoxy groups -OCH3 is 1. The Kier molecular flexibility index (Phi) is 11.6. The van der Waals surface area contributed by atoms with Crippen LogP contribution in [-0.4, -0.2) is 78.2 Å². The Bertz CT molecular complexity index is 1760. The number of ether oxygens (including phenoxy) is 2. The molecule has 254 valence electrons. The van der Waals surface area contributed by atoms with Crippen LogP contribution in [0.3, 0.4) is 0 Å². The first kappa shape index (κ1) is 35.1. The second-order valence-corrected chi connectivity index (χ2v) is 13.1. The van der Waals surface area contributed by atoms with Gasteiger partial charge in [-0.2, -0.15) is 9.97 Å². The van der Waals surface area contributed by atoms with E-state index in [-0.39, 0.29) is 28.5 Å². The SMILES string of the molecule is C#Cc1c(F)ccc(\C=C/C=C/C(C)=N\C=c2\c(N3CCCC[C@H](N)C3)nc(OCC34CCC(COC)N3CC(=C)C4)n\c2=C/F)c1C. The molecule has 10 heteroatoms. The number of hydrogen-bond donors (Lipinski definition) is 1. The number of anilines is 1. The summed E-state index contributed by atoms with van der Waals surface area (Å²) in [6.45, 7) is 11.0. The molecule has 2 aromatic rings. The van der Waals surface area contributed by atoms with E-state index in [1.165, 1.54) is 11.6 Å². The summed E-state index contributed by atoms with van der Waals surface area (Å²) in [5.41, 5.74) is 9.86. The lowest BCUT2D eigenvalue weighted by Gasteiger charge is -2.34. The lowest BCUT2D eigenvalue weighted by atomic mass is 9.94. The number of nitrogens with two attached hydrogens (primary N) is 1. The number of fused-ring (bicyclic) bond motifs is 1. The van der Waals surface area contributed by atoms with Gasteiger partial charge in [0.05, 0.1) is 22.9 Å². The molecule has 2 N–H and O–H groups in total. The molecule has 0 radical (unpaired) electrons. The van der Waals surface area contributed by atoms with Crippen LogP contribution in [0.15, 0.2) is 47.5 Å². The molecular formula is C38H46F2N6O2. The number of halogens is 2. The van der Waals surface area contributed by atoms with Gasteiger partial charge in [0, 0.05) is 50.7 Å². The van der Waals surface area contributed by atoms with Gasteiger partial charge in [0.25, 0.3) is 0 Å². The lowest BCUT2D eigenvalue weighted by Crippen LogP contribution is -2.48. The van der Waals surface area contributed by atoms with Crippen LogP contribution in [0.1, 0.15) is 62.1 Å². The Morgan fingerprint density at radius 1 is 1.27 bits per heavy atom. The van der Waals surface area contributed by atoms with E-state index in [2.05, 4.69) is 32.3 Å². The van der Waals surface area contributed by atoms with Crippen LogP contribution in [0.5, 0.6) is 6.01 Å². The Morgan fingerprint density at radius 3 is 2.88 bits per heavy atom. The van der Waals surface area contributed by atoms with Crippen molar-refractivity contribution in [3.8, 4) is 18.4 Å². The third-order valence-corrected chi connectivity index (χ3v) is 9.56. The molecule has 5 rings (SSSR count). The quantitative estimate of drug-likeness (QED) is 0.173. The van der Waals surface area contributed by atoms with Gasteiger partial charge in [-0.3, -0.25) is 9.89 Å². The van der Waals surface area contributed by atoms with Crippen molar-refractivity contribution in [3.05, 3.63) is 75.6 Å². The molecule has 4 heterocycles. The highest BCUT2D eigenvalue weighted by atomic mass is 19.1. The van der Waals surface area contributed by atoms with Crippen molar-refractivity contribution < 1.29 is 18.3 Å². The zero-order chi connectivity index (χ0) is 34.3. The summed E-state index contributed by atoms with van der Waals surface area (Å²) in [6.07, 6.45) is 20.6. The van der Waals surface area contributed by atoms with E-state index in [9.17, 15) is 8.78 Å². The first-order chi connectivity index (χ1) is 23.2. The first-order valence-electron chi connectivity index (χ1n) is 16.6. The number of allylic oxidation sites excluding steroid dienone is 3. The van der Waals surface area contributed by atoms with Crippen LogP contribution < -0.4 is 25.9 Å². The maximum Gasteiger partial charge on any atom is 0.319 e. The molecule has 0 aliphatic carbocycles. The Labute approximate surface area is 282 Å². The fourth-order valence-corrected chi connectivity index (χ4v) is 7.09. The summed E-state index contributed by atoms with van der Waals surface area (Å²) in [7, 11) is 1.73. The van der Waals surface area contributed by atoms with Crippen molar-refractivity contribution in [1.29, 1.82) is 0 Å². The smallest absolute Gasteiger partial charge is 0.319 e. The maximum absolute atomic E-state index is 14.6. The predicted octanol–water partition coefficient (Wildman–Crippen LogP) is 4.59. The van der Waals surface area contributed by atoms with E-state index in [1.54, 1.807) is 26.3 Å². The second-order valence-electron chi connectivity index (χ2n) is 13.1. The molecule has 3 aliphatic rings. The molecule has 48 heavy (non-hydrogen) atoms. The third kappa shape index (κ3) is 7.92. The highest BCUT2D eigenvalue weighted by Crippen LogP contribution is 2.44. The first-order valence-corrected chi connectivity index (χ1v) is 16.6. The van der Waals surface area contributed by atoms with Gasteiger partial charge >= 0.3 is 6.01 Å². The van der Waals surface area contributed by atoms with E-state index in [4.69, 9.17) is 26.6 Å². The molecule has 1 aromatic carbocycles. The Morgan fingerprint density at radius 2 is 2.10 bits per heavy atom. The summed E-state index contributed by atoms with van der Waals surface area (Å²) >= 11 is 0. The molecular weight excluding hydrogens is 610 g/mol. The Hall–Kier alpha value is -4.17. The number of aromatic nitrogens is 2. The van der Waals surface area contributed by atoms with E-state index in [0.717, 1.165) is 57.2 Å². The summed E-state index contributed by atoms with van der Waals surface area (Å²) < 4.78 is 40.3. The minimum atomic E-state index is -0.410. The van der Waals surface area contributed by atoms with Crippen molar-refractivity contribution in [2.45, 2.75) is 70.0 Å². The maximum atomic E-state index is 14.6. The number of terminal acetylenes is 1. The van der Waals surface area contributed by atoms with Crippen LogP contribution >= 0.6 is 0 Å². The van der Waals surface area contributed by atoms with Crippen LogP contribution in [0.4, 0.5) is 14.6 Å². The van der Waals surface area contributed by atoms with Crippen molar-refractivity contribution in [1.82, 2.24) is 14.9 Å². The molecule has 3 fully saturated rings. The molecule has 2 unspecified atom stereocenters. The topological polar surface area (TPSA) is 89.1 Å². The van der Waals surface area contributed by atoms with E-state index < -0.39 is 5.82 Å². The van der Waals surface area contributed by atoms with Crippen LogP contribution in [0.25, 0.3) is 18.6 Å². The number of benzene rings is 1. The van der Waals surface area contributed by atoms with Gasteiger partial charge in [0.1, 0.15) is 29.9 Å². The van der Waals surface area contributed by atoms with Crippen LogP contribution in [0, 0.1) is 25.1 Å². The number of aliphatic imine (C=N–C) groups is 1. The van der Waals surface area contributed by atoms with Crippen molar-refractivity contribution in [2.75, 3.05) is 44.9 Å². The summed E-state index contributed by atoms with van der Waals surface area (Å²) in [4.78, 5) is 18.5. The second kappa shape index (κ2) is 15.8. The Balaban J connectivity index is 1.43. The zero-order valence-electron chi connectivity index (χ0n) is 28.2. The highest BCUT2D eigenvalue weighted by molar-refractivity contribution is 5.94. The van der Waals surface area contributed by atoms with Crippen molar-refractivity contribution in [3.63, 3.8) is 0 Å². The van der Waals surface area contributed by atoms with Crippen molar-refractivity contribution in [2.24, 2.45) is 10.7 Å². The molecule has 0 bridgehead atoms. The standard InChI is InChI=1S/C38H46F2N6O2/c1-6-32-28(4)29(14-15-34(32)40)12-8-7-11-27(3)42-21-33-35(20-39)43-37(44-36(33)45-18-10-9-13-30(41)23-45)48-25-38-17-16-31(24-47-5)46(38)22-26(2)19-38/h1,7-8,11-12,14-15,20-21,30-31H,2,9-10,13,16-19,22-25,41H2,3-5H3/b11-7+,12-8-,33-21+,35-20-,42-27-/t30-,31?,38?/m0/s1. The largest absolute Gasteiger partial charge is 0.461 e. The average molecular weight is 657 g/mol. The van der Waals surface area contributed by atoms with Crippen LogP contribution in [0.2, 0.25) is 0 Å². The predicted molar refractivity (Wildman–Crippen MR) is 189 cm³/mol. The van der Waals surface area contributed by atoms with Gasteiger partial charge in [-0.25, -0.2) is 8.78 Å². The van der Waals surface area contributed by atoms with Crippen LogP contribution in [-0.2, 0) is 4.74 Å². The summed E-state index contributed by atoms with van der Waals surface area (Å²) in [5, 5.41) is 0.555. The summed E-state index contributed by atoms with van der Waals surface area (Å²) in [6, 6.07) is 3.45. The van der Waals surface area contributed by atoms with E-state index in [0.29, 0.717) is 54.4 Å². The molecule has 3 aliphatic heterocycles.